The van der Waals surface area contributed by atoms with Gasteiger partial charge < -0.3 is 15.8 Å². The van der Waals surface area contributed by atoms with Gasteiger partial charge in [0.2, 0.25) is 0 Å². The third-order valence-electron chi connectivity index (χ3n) is 5.20. The molecular formula is C18H28BCl2NO2. The first kappa shape index (κ1) is 20.1. The molecular weight excluding hydrogens is 344 g/mol. The molecule has 1 fully saturated rings. The number of benzene rings is 1. The van der Waals surface area contributed by atoms with E-state index in [1.165, 1.54) is 24.8 Å². The van der Waals surface area contributed by atoms with Crippen molar-refractivity contribution in [1.29, 1.82) is 0 Å². The largest absolute Gasteiger partial charge is 0.451 e. The molecule has 3 nitrogen and oxygen atoms in total. The van der Waals surface area contributed by atoms with Crippen molar-refractivity contribution < 1.29 is 10.0 Å². The molecule has 0 saturated heterocycles. The number of rotatable bonds is 10. The Balaban J connectivity index is 1.56. The second-order valence-electron chi connectivity index (χ2n) is 7.15. The lowest BCUT2D eigenvalue weighted by molar-refractivity contribution is 0.144. The lowest BCUT2D eigenvalue weighted by Crippen LogP contribution is -2.39. The van der Waals surface area contributed by atoms with Gasteiger partial charge in [-0.05, 0) is 68.0 Å². The second-order valence-corrected chi connectivity index (χ2v) is 8.00. The predicted octanol–water partition coefficient (Wildman–Crippen LogP) is 4.31. The Morgan fingerprint density at radius 1 is 1.17 bits per heavy atom. The van der Waals surface area contributed by atoms with Crippen molar-refractivity contribution in [1.82, 2.24) is 0 Å². The highest BCUT2D eigenvalue weighted by Gasteiger charge is 2.32. The Hall–Kier alpha value is -0.255. The topological polar surface area (TPSA) is 66.5 Å². The molecule has 0 spiro atoms. The summed E-state index contributed by atoms with van der Waals surface area (Å²) in [4.78, 5) is 0. The summed E-state index contributed by atoms with van der Waals surface area (Å²) in [5.74, 6) is 1.44. The molecule has 1 aromatic rings. The highest BCUT2D eigenvalue weighted by Crippen LogP contribution is 2.40. The van der Waals surface area contributed by atoms with E-state index in [4.69, 9.17) is 39.0 Å². The van der Waals surface area contributed by atoms with Crippen LogP contribution in [0.3, 0.4) is 0 Å². The number of hydrogen-bond acceptors (Lipinski definition) is 3. The average molecular weight is 372 g/mol. The van der Waals surface area contributed by atoms with Crippen LogP contribution in [0.15, 0.2) is 18.2 Å². The zero-order chi connectivity index (χ0) is 17.5. The molecule has 0 amide bonds. The van der Waals surface area contributed by atoms with Crippen LogP contribution >= 0.6 is 23.2 Å². The molecule has 0 aliphatic heterocycles. The van der Waals surface area contributed by atoms with Crippen molar-refractivity contribution in [2.75, 3.05) is 0 Å². The van der Waals surface area contributed by atoms with E-state index in [1.807, 2.05) is 18.2 Å². The maximum atomic E-state index is 8.82. The van der Waals surface area contributed by atoms with Gasteiger partial charge in [-0.25, -0.2) is 0 Å². The highest BCUT2D eigenvalue weighted by atomic mass is 35.5. The summed E-state index contributed by atoms with van der Waals surface area (Å²) in [6.45, 7) is 0. The fourth-order valence-electron chi connectivity index (χ4n) is 3.62. The van der Waals surface area contributed by atoms with Crippen LogP contribution in [-0.4, -0.2) is 23.2 Å². The molecule has 4 N–H and O–H groups in total. The Morgan fingerprint density at radius 3 is 2.58 bits per heavy atom. The van der Waals surface area contributed by atoms with Crippen LogP contribution in [0.25, 0.3) is 0 Å². The van der Waals surface area contributed by atoms with Gasteiger partial charge >= 0.3 is 7.12 Å². The number of halogens is 2. The van der Waals surface area contributed by atoms with E-state index < -0.39 is 7.12 Å². The predicted molar refractivity (Wildman–Crippen MR) is 102 cm³/mol. The van der Waals surface area contributed by atoms with Gasteiger partial charge in [0.05, 0.1) is 0 Å². The summed E-state index contributed by atoms with van der Waals surface area (Å²) in [5.41, 5.74) is 7.44. The summed E-state index contributed by atoms with van der Waals surface area (Å²) < 4.78 is 0. The SMILES string of the molecule is NC(CCCCB(O)O)C1CC(CCCc2ccc(Cl)cc2Cl)C1. The van der Waals surface area contributed by atoms with Crippen LogP contribution < -0.4 is 5.73 Å². The van der Waals surface area contributed by atoms with Crippen molar-refractivity contribution >= 4 is 30.3 Å². The highest BCUT2D eigenvalue weighted by molar-refractivity contribution is 6.40. The molecule has 0 bridgehead atoms. The van der Waals surface area contributed by atoms with Crippen LogP contribution in [0.2, 0.25) is 16.4 Å². The van der Waals surface area contributed by atoms with Crippen molar-refractivity contribution in [3.63, 3.8) is 0 Å². The van der Waals surface area contributed by atoms with Gasteiger partial charge in [0.1, 0.15) is 0 Å². The van der Waals surface area contributed by atoms with Crippen LogP contribution in [0.5, 0.6) is 0 Å². The second kappa shape index (κ2) is 10.0. The first-order valence-corrected chi connectivity index (χ1v) is 9.77. The normalized spacial score (nSPS) is 21.4. The summed E-state index contributed by atoms with van der Waals surface area (Å²) in [6.07, 6.45) is 9.13. The first-order chi connectivity index (χ1) is 11.5. The van der Waals surface area contributed by atoms with E-state index in [0.29, 0.717) is 17.3 Å². The van der Waals surface area contributed by atoms with Gasteiger partial charge in [-0.15, -0.1) is 0 Å². The molecule has 6 heteroatoms. The molecule has 0 heterocycles. The van der Waals surface area contributed by atoms with E-state index in [0.717, 1.165) is 43.0 Å². The standard InChI is InChI=1S/C18H28BCl2NO2/c20-16-8-7-14(17(21)12-16)5-3-4-13-10-15(11-13)18(22)6-1-2-9-19(23)24/h7-8,12-13,15,18,23-24H,1-6,9-11,22H2. The monoisotopic (exact) mass is 371 g/mol. The summed E-state index contributed by atoms with van der Waals surface area (Å²) in [5, 5.41) is 19.1. The number of nitrogens with two attached hydrogens (primary N) is 1. The zero-order valence-corrected chi connectivity index (χ0v) is 15.6. The van der Waals surface area contributed by atoms with Crippen LogP contribution in [0.1, 0.15) is 50.5 Å². The number of hydrogen-bond donors (Lipinski definition) is 3. The molecule has 134 valence electrons. The molecule has 1 atom stereocenters. The van der Waals surface area contributed by atoms with Crippen molar-refractivity contribution in [2.45, 2.75) is 63.7 Å². The van der Waals surface area contributed by atoms with E-state index in [1.54, 1.807) is 0 Å². The minimum absolute atomic E-state index is 0.266. The van der Waals surface area contributed by atoms with Gasteiger partial charge in [0, 0.05) is 16.1 Å². The quantitative estimate of drug-likeness (QED) is 0.424. The summed E-state index contributed by atoms with van der Waals surface area (Å²) >= 11 is 12.1. The first-order valence-electron chi connectivity index (χ1n) is 9.01. The van der Waals surface area contributed by atoms with Crippen molar-refractivity contribution in [3.8, 4) is 0 Å². The van der Waals surface area contributed by atoms with Crippen molar-refractivity contribution in [3.05, 3.63) is 33.8 Å². The van der Waals surface area contributed by atoms with Crippen molar-refractivity contribution in [2.24, 2.45) is 17.6 Å². The maximum Gasteiger partial charge on any atom is 0.451 e. The lowest BCUT2D eigenvalue weighted by Gasteiger charge is -2.39. The molecule has 1 aromatic carbocycles. The van der Waals surface area contributed by atoms with E-state index in [9.17, 15) is 0 Å². The van der Waals surface area contributed by atoms with Gasteiger partial charge in [0.25, 0.3) is 0 Å². The summed E-state index contributed by atoms with van der Waals surface area (Å²) in [6, 6.07) is 6.00. The third kappa shape index (κ3) is 6.57. The Labute approximate surface area is 155 Å². The number of unbranched alkanes of at least 4 members (excludes halogenated alkanes) is 1. The van der Waals surface area contributed by atoms with E-state index >= 15 is 0 Å². The van der Waals surface area contributed by atoms with Gasteiger partial charge in [-0.1, -0.05) is 48.5 Å². The minimum atomic E-state index is -1.18. The number of aryl methyl sites for hydroxylation is 1. The fraction of sp³-hybridized carbons (Fsp3) is 0.667. The Kier molecular flexibility index (Phi) is 8.38. The lowest BCUT2D eigenvalue weighted by atomic mass is 9.68. The molecule has 0 radical (unpaired) electrons. The minimum Gasteiger partial charge on any atom is -0.427 e. The van der Waals surface area contributed by atoms with Gasteiger partial charge in [-0.3, -0.25) is 0 Å². The van der Waals surface area contributed by atoms with Gasteiger partial charge in [-0.2, -0.15) is 0 Å². The van der Waals surface area contributed by atoms with E-state index in [-0.39, 0.29) is 6.04 Å². The summed E-state index contributed by atoms with van der Waals surface area (Å²) in [7, 11) is -1.18. The molecule has 1 aliphatic carbocycles. The molecule has 0 aromatic heterocycles. The molecule has 1 unspecified atom stereocenters. The molecule has 1 saturated carbocycles. The Morgan fingerprint density at radius 2 is 1.92 bits per heavy atom. The smallest absolute Gasteiger partial charge is 0.427 e. The van der Waals surface area contributed by atoms with Crippen LogP contribution in [-0.2, 0) is 6.42 Å². The molecule has 24 heavy (non-hydrogen) atoms. The molecule has 2 rings (SSSR count). The fourth-order valence-corrected chi connectivity index (χ4v) is 4.12. The average Bonchev–Trinajstić information content (AvgIpc) is 2.47. The third-order valence-corrected chi connectivity index (χ3v) is 5.79. The van der Waals surface area contributed by atoms with Crippen LogP contribution in [0, 0.1) is 11.8 Å². The van der Waals surface area contributed by atoms with E-state index in [2.05, 4.69) is 0 Å². The Bertz CT molecular complexity index is 510. The maximum absolute atomic E-state index is 8.82. The van der Waals surface area contributed by atoms with Crippen LogP contribution in [0.4, 0.5) is 0 Å². The molecule has 1 aliphatic rings. The zero-order valence-electron chi connectivity index (χ0n) is 14.1. The van der Waals surface area contributed by atoms with Gasteiger partial charge in [0.15, 0.2) is 0 Å².